The van der Waals surface area contributed by atoms with E-state index in [-0.39, 0.29) is 6.61 Å². The van der Waals surface area contributed by atoms with E-state index in [1.807, 2.05) is 0 Å². The number of hydrogen-bond acceptors (Lipinski definition) is 26. The summed E-state index contributed by atoms with van der Waals surface area (Å²) in [5.41, 5.74) is 0. The molecule has 0 bridgehead atoms. The van der Waals surface area contributed by atoms with Gasteiger partial charge in [0.05, 0.1) is 6.61 Å². The zero-order chi connectivity index (χ0) is 48.5. The van der Waals surface area contributed by atoms with Crippen LogP contribution >= 0.6 is 15.9 Å². The van der Waals surface area contributed by atoms with E-state index in [1.54, 1.807) is 0 Å². The number of alkyl halides is 1. The van der Waals surface area contributed by atoms with E-state index in [2.05, 4.69) is 20.7 Å². The van der Waals surface area contributed by atoms with Gasteiger partial charge in [-0.2, -0.15) is 0 Å². The third-order valence-electron chi connectivity index (χ3n) is 8.03. The van der Waals surface area contributed by atoms with Gasteiger partial charge in [-0.05, 0) is 0 Å². The zero-order valence-corrected chi connectivity index (χ0v) is 37.1. The number of aliphatic hydroxyl groups excluding tert-OH is 5. The lowest BCUT2D eigenvalue weighted by atomic mass is 9.98. The minimum atomic E-state index is -1.57. The van der Waals surface area contributed by atoms with Crippen LogP contribution in [0.3, 0.4) is 0 Å². The van der Waals surface area contributed by atoms with Gasteiger partial charge in [-0.3, -0.25) is 43.2 Å². The van der Waals surface area contributed by atoms with Crippen molar-refractivity contribution in [2.24, 2.45) is 0 Å². The van der Waals surface area contributed by atoms with Crippen molar-refractivity contribution in [3.8, 4) is 0 Å². The van der Waals surface area contributed by atoms with Crippen molar-refractivity contribution in [1.29, 1.82) is 0 Å². The second-order valence-electron chi connectivity index (χ2n) is 13.4. The quantitative estimate of drug-likeness (QED) is 0.0733. The molecule has 5 N–H and O–H groups in total. The minimum absolute atomic E-state index is 0.236. The maximum absolute atomic E-state index is 11.5. The Bertz CT molecular complexity index is 1590. The first kappa shape index (κ1) is 56.4. The smallest absolute Gasteiger partial charge is 0.305 e. The fourth-order valence-corrected chi connectivity index (χ4v) is 6.39. The first-order valence-electron chi connectivity index (χ1n) is 18.6. The Morgan fingerprint density at radius 2 is 0.762 bits per heavy atom. The second kappa shape index (κ2) is 26.9. The first-order chi connectivity index (χ1) is 29.2. The Kier molecular flexibility index (Phi) is 24.1. The molecule has 0 aromatic carbocycles. The summed E-state index contributed by atoms with van der Waals surface area (Å²) in [5.74, 6) is -6.23. The number of esters is 9. The molecule has 0 aromatic heterocycles. The average Bonchev–Trinajstić information content (AvgIpc) is 3.15. The maximum Gasteiger partial charge on any atom is 0.305 e. The molecule has 27 heteroatoms. The van der Waals surface area contributed by atoms with Crippen LogP contribution in [0, 0.1) is 0 Å². The lowest BCUT2D eigenvalue weighted by Crippen LogP contribution is -2.63. The van der Waals surface area contributed by atoms with E-state index in [0.29, 0.717) is 0 Å². The summed E-state index contributed by atoms with van der Waals surface area (Å²) in [5, 5.41) is 43.8. The molecule has 15 atom stereocenters. The van der Waals surface area contributed by atoms with Crippen LogP contribution in [0.25, 0.3) is 0 Å². The van der Waals surface area contributed by atoms with Crippen molar-refractivity contribution in [3.05, 3.63) is 0 Å². The highest BCUT2D eigenvalue weighted by atomic mass is 79.9. The van der Waals surface area contributed by atoms with Gasteiger partial charge in [0.15, 0.2) is 41.8 Å². The summed E-state index contributed by atoms with van der Waals surface area (Å²) in [6.07, 6.45) is -18.0. The van der Waals surface area contributed by atoms with Crippen LogP contribution in [0.15, 0.2) is 0 Å². The van der Waals surface area contributed by atoms with E-state index in [4.69, 9.17) is 77.6 Å². The molecule has 3 aliphatic rings. The van der Waals surface area contributed by atoms with Gasteiger partial charge in [-0.1, -0.05) is 15.9 Å². The van der Waals surface area contributed by atoms with E-state index in [0.717, 1.165) is 48.5 Å². The Labute approximate surface area is 367 Å². The minimum Gasteiger partial charge on any atom is -0.463 e. The first-order valence-corrected chi connectivity index (χ1v) is 19.5. The fraction of sp³-hybridized carbons (Fsp3) is 0.750. The van der Waals surface area contributed by atoms with Crippen molar-refractivity contribution >= 4 is 69.7 Å². The van der Waals surface area contributed by atoms with Gasteiger partial charge < -0.3 is 82.4 Å². The predicted octanol–water partition coefficient (Wildman–Crippen LogP) is -3.12. The molecular weight excluding hydrogens is 928 g/mol. The van der Waals surface area contributed by atoms with Gasteiger partial charge >= 0.3 is 53.7 Å². The van der Waals surface area contributed by atoms with Gasteiger partial charge in [0.25, 0.3) is 0 Å². The van der Waals surface area contributed by atoms with Crippen molar-refractivity contribution in [3.63, 3.8) is 0 Å². The highest BCUT2D eigenvalue weighted by Crippen LogP contribution is 2.32. The highest BCUT2D eigenvalue weighted by molar-refractivity contribution is 9.09. The number of carbonyl (C=O) groups excluding carboxylic acids is 9. The summed E-state index contributed by atoms with van der Waals surface area (Å²) < 4.78 is 61.3. The summed E-state index contributed by atoms with van der Waals surface area (Å²) in [7, 11) is 0. The molecule has 3 aliphatic heterocycles. The van der Waals surface area contributed by atoms with E-state index >= 15 is 0 Å². The molecule has 26 nitrogen and oxygen atoms in total. The van der Waals surface area contributed by atoms with Crippen molar-refractivity contribution in [2.45, 2.75) is 153 Å². The summed E-state index contributed by atoms with van der Waals surface area (Å²) in [4.78, 5) is 102. The Hall–Kier alpha value is -4.61. The Morgan fingerprint density at radius 1 is 0.413 bits per heavy atom. The lowest BCUT2D eigenvalue weighted by molar-refractivity contribution is -0.300. The number of carbonyl (C=O) groups is 9. The molecule has 15 unspecified atom stereocenters. The van der Waals surface area contributed by atoms with Crippen molar-refractivity contribution in [2.75, 3.05) is 19.8 Å². The van der Waals surface area contributed by atoms with Crippen LogP contribution in [-0.4, -0.2) is 190 Å². The van der Waals surface area contributed by atoms with E-state index in [9.17, 15) is 43.2 Å². The standard InChI is InChI=1S/C16H22O11.C14H19BrO9.C6H12O6/c1-7(17)22-6-12-13(23-8(2)18)14(24-9(3)19)15(25-10(4)20)16(27-12)26-11(5)21;1-6(16)20-5-10-11(21-7(2)17)12(22-8(3)18)13(14(15)24-10)23-9(4)19;7-1-2-3(8)4(9)5(10)6(11)12-2/h12-16H,6H2,1-5H3;10-14H,5H2,1-4H3;2-11H,1H2. The molecule has 3 heterocycles. The van der Waals surface area contributed by atoms with Crippen molar-refractivity contribution < 1.29 is 126 Å². The van der Waals surface area contributed by atoms with Crippen LogP contribution in [0.2, 0.25) is 0 Å². The van der Waals surface area contributed by atoms with Gasteiger partial charge in [0.1, 0.15) is 49.8 Å². The van der Waals surface area contributed by atoms with Crippen LogP contribution in [0.1, 0.15) is 62.3 Å². The summed E-state index contributed by atoms with van der Waals surface area (Å²) >= 11 is 3.18. The lowest BCUT2D eigenvalue weighted by Gasteiger charge is -2.43. The molecular formula is C36H53BrO26. The molecule has 0 spiro atoms. The number of hydrogen-bond donors (Lipinski definition) is 5. The van der Waals surface area contributed by atoms with Gasteiger partial charge in [0.2, 0.25) is 12.4 Å². The molecule has 360 valence electrons. The number of rotatable bonds is 12. The number of aliphatic hydroxyl groups is 5. The monoisotopic (exact) mass is 980 g/mol. The average molecular weight is 982 g/mol. The van der Waals surface area contributed by atoms with E-state index < -0.39 is 158 Å². The SMILES string of the molecule is CC(=O)OCC1OC(Br)C(OC(C)=O)C(OC(C)=O)C1OC(C)=O.CC(=O)OCC1OC(OC(C)=O)C(OC(C)=O)C(OC(C)=O)C1OC(C)=O.OCC1OC(O)C(O)C(O)C1O. The molecule has 3 rings (SSSR count). The van der Waals surface area contributed by atoms with Gasteiger partial charge in [-0.25, -0.2) is 0 Å². The highest BCUT2D eigenvalue weighted by Gasteiger charge is 2.54. The normalized spacial score (nSPS) is 32.1. The molecule has 0 aliphatic carbocycles. The predicted molar refractivity (Wildman–Crippen MR) is 201 cm³/mol. The second-order valence-corrected chi connectivity index (χ2v) is 14.3. The summed E-state index contributed by atoms with van der Waals surface area (Å²) in [6.45, 7) is 9.08. The maximum atomic E-state index is 11.5. The molecule has 0 radical (unpaired) electrons. The van der Waals surface area contributed by atoms with E-state index in [1.165, 1.54) is 13.8 Å². The topological polar surface area (TPSA) is 366 Å². The third kappa shape index (κ3) is 19.4. The molecule has 3 saturated heterocycles. The number of halogens is 1. The molecule has 0 aromatic rings. The molecule has 0 amide bonds. The van der Waals surface area contributed by atoms with Crippen LogP contribution in [0.5, 0.6) is 0 Å². The van der Waals surface area contributed by atoms with Crippen molar-refractivity contribution in [1.82, 2.24) is 0 Å². The van der Waals surface area contributed by atoms with Gasteiger partial charge in [0, 0.05) is 62.3 Å². The molecule has 3 fully saturated rings. The Morgan fingerprint density at radius 3 is 1.14 bits per heavy atom. The molecule has 0 saturated carbocycles. The third-order valence-corrected chi connectivity index (χ3v) is 8.77. The van der Waals surface area contributed by atoms with Gasteiger partial charge in [-0.15, -0.1) is 0 Å². The van der Waals surface area contributed by atoms with Crippen LogP contribution in [-0.2, 0) is 100.0 Å². The van der Waals surface area contributed by atoms with Crippen LogP contribution in [0.4, 0.5) is 0 Å². The Balaban J connectivity index is 0.000000504. The number of ether oxygens (including phenoxy) is 12. The zero-order valence-electron chi connectivity index (χ0n) is 35.5. The fourth-order valence-electron chi connectivity index (χ4n) is 5.70. The molecule has 63 heavy (non-hydrogen) atoms. The largest absolute Gasteiger partial charge is 0.463 e. The van der Waals surface area contributed by atoms with Crippen LogP contribution < -0.4 is 0 Å². The summed E-state index contributed by atoms with van der Waals surface area (Å²) in [6, 6.07) is 0.